The lowest BCUT2D eigenvalue weighted by molar-refractivity contribution is -0.141. The van der Waals surface area contributed by atoms with Gasteiger partial charge in [-0.2, -0.15) is 0 Å². The van der Waals surface area contributed by atoms with Crippen LogP contribution < -0.4 is 0 Å². The van der Waals surface area contributed by atoms with Gasteiger partial charge in [0, 0.05) is 29.7 Å². The maximum Gasteiger partial charge on any atom is 0.306 e. The Bertz CT molecular complexity index is 732. The lowest BCUT2D eigenvalue weighted by Crippen LogP contribution is -2.36. The fourth-order valence-electron chi connectivity index (χ4n) is 3.69. The van der Waals surface area contributed by atoms with Crippen LogP contribution in [0.4, 0.5) is 0 Å². The Hall–Kier alpha value is -2.07. The van der Waals surface area contributed by atoms with E-state index in [4.69, 9.17) is 4.74 Å². The van der Waals surface area contributed by atoms with Gasteiger partial charge < -0.3 is 9.72 Å². The number of carbonyl (C=O) groups excluding carboxylic acids is 1. The first-order valence-corrected chi connectivity index (χ1v) is 8.12. The lowest BCUT2D eigenvalue weighted by Gasteiger charge is -2.38. The molecule has 0 bridgehead atoms. The van der Waals surface area contributed by atoms with Gasteiger partial charge in [0.25, 0.3) is 0 Å². The van der Waals surface area contributed by atoms with E-state index in [9.17, 15) is 4.79 Å². The van der Waals surface area contributed by atoms with Crippen molar-refractivity contribution in [3.05, 3.63) is 47.7 Å². The molecule has 4 heteroatoms. The number of allylic oxidation sites excluding steroid dienone is 1. The van der Waals surface area contributed by atoms with Gasteiger partial charge in [0.1, 0.15) is 0 Å². The molecule has 1 aromatic carbocycles. The van der Waals surface area contributed by atoms with E-state index in [1.54, 1.807) is 0 Å². The maximum absolute atomic E-state index is 11.8. The minimum atomic E-state index is -0.128. The molecule has 1 aliphatic heterocycles. The Morgan fingerprint density at radius 3 is 2.96 bits per heavy atom. The van der Waals surface area contributed by atoms with Crippen molar-refractivity contribution < 1.29 is 9.53 Å². The van der Waals surface area contributed by atoms with E-state index in [0.717, 1.165) is 18.5 Å². The first kappa shape index (κ1) is 15.8. The Labute approximate surface area is 137 Å². The molecule has 0 unspecified atom stereocenters. The highest BCUT2D eigenvalue weighted by Crippen LogP contribution is 2.39. The summed E-state index contributed by atoms with van der Waals surface area (Å²) in [6.45, 7) is 2.95. The van der Waals surface area contributed by atoms with E-state index in [2.05, 4.69) is 54.3 Å². The second-order valence-corrected chi connectivity index (χ2v) is 6.30. The molecule has 0 spiro atoms. The number of nitrogens with one attached hydrogen (secondary N) is 1. The van der Waals surface area contributed by atoms with Crippen LogP contribution in [-0.4, -0.2) is 36.6 Å². The van der Waals surface area contributed by atoms with Gasteiger partial charge in [-0.15, -0.1) is 0 Å². The zero-order valence-electron chi connectivity index (χ0n) is 14.0. The molecule has 2 heterocycles. The quantitative estimate of drug-likeness (QED) is 0.695. The molecule has 2 atom stereocenters. The molecule has 1 aliphatic rings. The highest BCUT2D eigenvalue weighted by Gasteiger charge is 2.32. The zero-order chi connectivity index (χ0) is 16.4. The number of piperidine rings is 1. The number of methoxy groups -OCH3 is 1. The number of likely N-dealkylation sites (tertiary alicyclic amines) is 1. The van der Waals surface area contributed by atoms with Crippen molar-refractivity contribution >= 4 is 16.9 Å². The molecule has 23 heavy (non-hydrogen) atoms. The molecule has 0 radical (unpaired) electrons. The van der Waals surface area contributed by atoms with Crippen LogP contribution in [0, 0.1) is 5.92 Å². The minimum Gasteiger partial charge on any atom is -0.469 e. The van der Waals surface area contributed by atoms with Crippen molar-refractivity contribution in [3.63, 3.8) is 0 Å². The molecule has 1 aromatic heterocycles. The first-order chi connectivity index (χ1) is 11.1. The van der Waals surface area contributed by atoms with Gasteiger partial charge >= 0.3 is 5.97 Å². The molecule has 1 fully saturated rings. The molecule has 122 valence electrons. The molecule has 1 N–H and O–H groups in total. The zero-order valence-corrected chi connectivity index (χ0v) is 14.0. The summed E-state index contributed by atoms with van der Waals surface area (Å²) in [5.41, 5.74) is 3.80. The minimum absolute atomic E-state index is 0.128. The van der Waals surface area contributed by atoms with E-state index >= 15 is 0 Å². The Morgan fingerprint density at radius 2 is 2.22 bits per heavy atom. The van der Waals surface area contributed by atoms with Crippen LogP contribution in [0.25, 0.3) is 10.9 Å². The third kappa shape index (κ3) is 3.04. The Morgan fingerprint density at radius 1 is 1.43 bits per heavy atom. The van der Waals surface area contributed by atoms with Gasteiger partial charge in [0.05, 0.1) is 13.5 Å². The number of rotatable bonds is 3. The van der Waals surface area contributed by atoms with Gasteiger partial charge in [-0.25, -0.2) is 0 Å². The number of carbonyl (C=O) groups is 1. The molecular weight excluding hydrogens is 288 g/mol. The van der Waals surface area contributed by atoms with Crippen molar-refractivity contribution in [1.82, 2.24) is 9.88 Å². The van der Waals surface area contributed by atoms with Gasteiger partial charge in [0.2, 0.25) is 0 Å². The fraction of sp³-hybridized carbons (Fsp3) is 0.421. The largest absolute Gasteiger partial charge is 0.469 e. The number of hydrogen-bond acceptors (Lipinski definition) is 3. The van der Waals surface area contributed by atoms with Crippen LogP contribution in [0.2, 0.25) is 0 Å². The van der Waals surface area contributed by atoms with E-state index in [1.165, 1.54) is 23.6 Å². The number of H-pyrrole nitrogens is 1. The average molecular weight is 312 g/mol. The van der Waals surface area contributed by atoms with E-state index < -0.39 is 0 Å². The summed E-state index contributed by atoms with van der Waals surface area (Å²) in [6, 6.07) is 8.70. The molecule has 1 saturated heterocycles. The fourth-order valence-corrected chi connectivity index (χ4v) is 3.69. The number of ether oxygens (including phenoxy) is 1. The van der Waals surface area contributed by atoms with Gasteiger partial charge in [0.15, 0.2) is 0 Å². The third-order valence-corrected chi connectivity index (χ3v) is 4.99. The van der Waals surface area contributed by atoms with E-state index in [1.807, 2.05) is 6.07 Å². The third-order valence-electron chi connectivity index (χ3n) is 4.99. The van der Waals surface area contributed by atoms with Gasteiger partial charge in [-0.05, 0) is 37.9 Å². The summed E-state index contributed by atoms with van der Waals surface area (Å²) in [7, 11) is 3.62. The second kappa shape index (κ2) is 6.59. The number of esters is 1. The number of aromatic amines is 1. The number of benzene rings is 1. The van der Waals surface area contributed by atoms with Crippen LogP contribution in [0.5, 0.6) is 0 Å². The highest BCUT2D eigenvalue weighted by molar-refractivity contribution is 5.83. The number of likely N-dealkylation sites (N-methyl/N-ethyl adjacent to an activating group) is 1. The van der Waals surface area contributed by atoms with E-state index in [-0.39, 0.29) is 11.9 Å². The Kier molecular flexibility index (Phi) is 4.53. The van der Waals surface area contributed by atoms with Crippen molar-refractivity contribution in [2.75, 3.05) is 20.7 Å². The summed E-state index contributed by atoms with van der Waals surface area (Å²) in [6.07, 6.45) is 5.66. The highest BCUT2D eigenvalue weighted by atomic mass is 16.5. The topological polar surface area (TPSA) is 45.3 Å². The molecule has 4 nitrogen and oxygen atoms in total. The maximum atomic E-state index is 11.8. The monoisotopic (exact) mass is 312 g/mol. The van der Waals surface area contributed by atoms with Gasteiger partial charge in [-0.3, -0.25) is 9.69 Å². The van der Waals surface area contributed by atoms with Crippen LogP contribution in [0.1, 0.15) is 31.4 Å². The van der Waals surface area contributed by atoms with Crippen molar-refractivity contribution in [1.29, 1.82) is 0 Å². The first-order valence-electron chi connectivity index (χ1n) is 8.12. The van der Waals surface area contributed by atoms with Crippen molar-refractivity contribution in [2.45, 2.75) is 25.8 Å². The number of para-hydroxylation sites is 1. The number of aromatic nitrogens is 1. The summed E-state index contributed by atoms with van der Waals surface area (Å²) in [4.78, 5) is 17.5. The molecule has 0 saturated carbocycles. The smallest absolute Gasteiger partial charge is 0.306 e. The van der Waals surface area contributed by atoms with E-state index in [0.29, 0.717) is 12.5 Å². The summed E-state index contributed by atoms with van der Waals surface area (Å²) >= 11 is 0. The molecule has 0 amide bonds. The normalized spacial score (nSPS) is 24.2. The molecule has 3 rings (SSSR count). The van der Waals surface area contributed by atoms with Crippen LogP contribution in [0.15, 0.2) is 42.1 Å². The standard InChI is InChI=1S/C19H24N2O2/c1-4-13-12-21(2)18(9-14(13)10-19(22)23-3)16-11-20-17-8-6-5-7-15(16)17/h4-8,11,14,18,20H,9-10,12H2,1-3H3/b13-4+/t14-,18-/m0/s1. The van der Waals surface area contributed by atoms with Crippen molar-refractivity contribution in [3.8, 4) is 0 Å². The van der Waals surface area contributed by atoms with Crippen molar-refractivity contribution in [2.24, 2.45) is 5.92 Å². The molecular formula is C19H24N2O2. The number of nitrogens with zero attached hydrogens (tertiary/aromatic N) is 1. The molecule has 2 aromatic rings. The van der Waals surface area contributed by atoms with Crippen LogP contribution in [0.3, 0.4) is 0 Å². The lowest BCUT2D eigenvalue weighted by atomic mass is 9.82. The number of hydrogen-bond donors (Lipinski definition) is 1. The molecule has 0 aliphatic carbocycles. The van der Waals surface area contributed by atoms with Gasteiger partial charge in [-0.1, -0.05) is 29.8 Å². The average Bonchev–Trinajstić information content (AvgIpc) is 2.99. The van der Waals surface area contributed by atoms with Crippen LogP contribution >= 0.6 is 0 Å². The predicted molar refractivity (Wildman–Crippen MR) is 92.2 cm³/mol. The second-order valence-electron chi connectivity index (χ2n) is 6.30. The summed E-state index contributed by atoms with van der Waals surface area (Å²) < 4.78 is 4.88. The Balaban J connectivity index is 1.91. The summed E-state index contributed by atoms with van der Waals surface area (Å²) in [5.74, 6) is 0.124. The summed E-state index contributed by atoms with van der Waals surface area (Å²) in [5, 5.41) is 1.27. The number of fused-ring (bicyclic) bond motifs is 1. The van der Waals surface area contributed by atoms with Crippen LogP contribution in [-0.2, 0) is 9.53 Å². The SMILES string of the molecule is C/C=C1\CN(C)[C@H](c2c[nH]c3ccccc23)C[C@H]1CC(=O)OC. The predicted octanol–water partition coefficient (Wildman–Crippen LogP) is 3.67.